The van der Waals surface area contributed by atoms with E-state index in [-0.39, 0.29) is 6.61 Å². The zero-order valence-electron chi connectivity index (χ0n) is 5.51. The van der Waals surface area contributed by atoms with E-state index in [2.05, 4.69) is 4.98 Å². The van der Waals surface area contributed by atoms with E-state index >= 15 is 0 Å². The molecule has 1 rings (SSSR count). The van der Waals surface area contributed by atoms with E-state index in [1.165, 1.54) is 0 Å². The predicted octanol–water partition coefficient (Wildman–Crippen LogP) is -0.764. The van der Waals surface area contributed by atoms with Gasteiger partial charge in [0.15, 0.2) is 0 Å². The Bertz CT molecular complexity index is 174. The number of aliphatic hydroxyl groups excluding tert-OH is 2. The van der Waals surface area contributed by atoms with Gasteiger partial charge in [-0.2, -0.15) is 0 Å². The highest BCUT2D eigenvalue weighted by Gasteiger charge is 2.00. The second-order valence-electron chi connectivity index (χ2n) is 2.10. The number of aliphatic hydroxyl groups is 2. The van der Waals surface area contributed by atoms with E-state index in [4.69, 9.17) is 10.2 Å². The van der Waals surface area contributed by atoms with Crippen LogP contribution < -0.4 is 0 Å². The van der Waals surface area contributed by atoms with E-state index in [1.807, 2.05) is 0 Å². The Morgan fingerprint density at radius 3 is 2.90 bits per heavy atom. The van der Waals surface area contributed by atoms with Crippen molar-refractivity contribution in [3.05, 3.63) is 18.7 Å². The van der Waals surface area contributed by atoms with Crippen molar-refractivity contribution < 1.29 is 10.2 Å². The summed E-state index contributed by atoms with van der Waals surface area (Å²) in [6, 6.07) is 0. The predicted molar refractivity (Wildman–Crippen MR) is 35.3 cm³/mol. The Balaban J connectivity index is 2.40. The van der Waals surface area contributed by atoms with Crippen LogP contribution in [-0.4, -0.2) is 32.5 Å². The largest absolute Gasteiger partial charge is 0.394 e. The lowest BCUT2D eigenvalue weighted by molar-refractivity contribution is 0.0812. The van der Waals surface area contributed by atoms with Crippen LogP contribution >= 0.6 is 0 Å². The molecule has 2 N–H and O–H groups in total. The fourth-order valence-electron chi connectivity index (χ4n) is 0.696. The van der Waals surface area contributed by atoms with Crippen molar-refractivity contribution in [3.8, 4) is 0 Å². The van der Waals surface area contributed by atoms with E-state index in [9.17, 15) is 0 Å². The van der Waals surface area contributed by atoms with Crippen molar-refractivity contribution in [3.63, 3.8) is 0 Å². The van der Waals surface area contributed by atoms with Gasteiger partial charge in [0, 0.05) is 12.4 Å². The Morgan fingerprint density at radius 1 is 1.60 bits per heavy atom. The Hall–Kier alpha value is -0.870. The lowest BCUT2D eigenvalue weighted by Gasteiger charge is -2.05. The molecule has 1 aromatic rings. The maximum atomic E-state index is 8.93. The lowest BCUT2D eigenvalue weighted by Crippen LogP contribution is -2.18. The Labute approximate surface area is 58.8 Å². The first-order valence-electron chi connectivity index (χ1n) is 3.07. The third-order valence-corrected chi connectivity index (χ3v) is 1.19. The smallest absolute Gasteiger partial charge is 0.0949 e. The summed E-state index contributed by atoms with van der Waals surface area (Å²) in [5, 5.41) is 17.4. The van der Waals surface area contributed by atoms with Crippen LogP contribution in [-0.2, 0) is 6.54 Å². The third kappa shape index (κ3) is 1.82. The summed E-state index contributed by atoms with van der Waals surface area (Å²) >= 11 is 0. The van der Waals surface area contributed by atoms with Crippen molar-refractivity contribution in [2.45, 2.75) is 12.6 Å². The molecule has 4 heteroatoms. The zero-order chi connectivity index (χ0) is 7.40. The third-order valence-electron chi connectivity index (χ3n) is 1.19. The molecule has 0 amide bonds. The topological polar surface area (TPSA) is 58.3 Å². The molecule has 0 saturated carbocycles. The van der Waals surface area contributed by atoms with Crippen molar-refractivity contribution in [2.75, 3.05) is 6.61 Å². The molecule has 0 fully saturated rings. The molecule has 0 spiro atoms. The van der Waals surface area contributed by atoms with Gasteiger partial charge in [-0.15, -0.1) is 0 Å². The molecule has 10 heavy (non-hydrogen) atoms. The highest BCUT2D eigenvalue weighted by atomic mass is 16.3. The maximum absolute atomic E-state index is 8.93. The SMILES string of the molecule is OCC(O)Cn1ccnc1. The first-order chi connectivity index (χ1) is 4.83. The molecule has 0 bridgehead atoms. The summed E-state index contributed by atoms with van der Waals surface area (Å²) in [5.74, 6) is 0. The highest BCUT2D eigenvalue weighted by Crippen LogP contribution is 1.89. The minimum Gasteiger partial charge on any atom is -0.394 e. The second kappa shape index (κ2) is 3.34. The standard InChI is InChI=1S/C6H10N2O2/c9-4-6(10)3-8-2-1-7-5-8/h1-2,5-6,9-10H,3-4H2. The van der Waals surface area contributed by atoms with Gasteiger partial charge in [-0.1, -0.05) is 0 Å². The molecular formula is C6H10N2O2. The zero-order valence-corrected chi connectivity index (χ0v) is 5.51. The number of nitrogens with zero attached hydrogens (tertiary/aromatic N) is 2. The molecule has 0 aliphatic carbocycles. The number of aromatic nitrogens is 2. The fraction of sp³-hybridized carbons (Fsp3) is 0.500. The van der Waals surface area contributed by atoms with Gasteiger partial charge in [0.1, 0.15) is 0 Å². The molecule has 0 aliphatic rings. The van der Waals surface area contributed by atoms with Crippen molar-refractivity contribution in [1.29, 1.82) is 0 Å². The van der Waals surface area contributed by atoms with Crippen molar-refractivity contribution >= 4 is 0 Å². The van der Waals surface area contributed by atoms with Crippen LogP contribution in [0.4, 0.5) is 0 Å². The van der Waals surface area contributed by atoms with Crippen molar-refractivity contribution in [2.24, 2.45) is 0 Å². The maximum Gasteiger partial charge on any atom is 0.0949 e. The van der Waals surface area contributed by atoms with E-state index in [0.29, 0.717) is 6.54 Å². The molecule has 56 valence electrons. The van der Waals surface area contributed by atoms with E-state index < -0.39 is 6.10 Å². The van der Waals surface area contributed by atoms with E-state index in [0.717, 1.165) is 0 Å². The highest BCUT2D eigenvalue weighted by molar-refractivity contribution is 4.75. The summed E-state index contributed by atoms with van der Waals surface area (Å²) < 4.78 is 1.71. The van der Waals surface area contributed by atoms with Crippen LogP contribution in [0.25, 0.3) is 0 Å². The van der Waals surface area contributed by atoms with Gasteiger partial charge >= 0.3 is 0 Å². The molecule has 0 saturated heterocycles. The van der Waals surface area contributed by atoms with Gasteiger partial charge in [-0.25, -0.2) is 4.98 Å². The number of hydrogen-bond donors (Lipinski definition) is 2. The van der Waals surface area contributed by atoms with Gasteiger partial charge in [0.2, 0.25) is 0 Å². The van der Waals surface area contributed by atoms with Gasteiger partial charge in [-0.3, -0.25) is 0 Å². The molecule has 1 atom stereocenters. The monoisotopic (exact) mass is 142 g/mol. The summed E-state index contributed by atoms with van der Waals surface area (Å²) in [6.45, 7) is 0.189. The lowest BCUT2D eigenvalue weighted by atomic mass is 10.4. The van der Waals surface area contributed by atoms with Crippen molar-refractivity contribution in [1.82, 2.24) is 9.55 Å². The number of rotatable bonds is 3. The van der Waals surface area contributed by atoms with E-state index in [1.54, 1.807) is 23.3 Å². The van der Waals surface area contributed by atoms with Gasteiger partial charge in [0.05, 0.1) is 25.6 Å². The molecule has 0 aliphatic heterocycles. The molecule has 1 aromatic heterocycles. The van der Waals surface area contributed by atoms with Gasteiger partial charge in [-0.05, 0) is 0 Å². The minimum absolute atomic E-state index is 0.210. The molecule has 1 unspecified atom stereocenters. The summed E-state index contributed by atoms with van der Waals surface area (Å²) in [6.07, 6.45) is 4.27. The average molecular weight is 142 g/mol. The molecule has 4 nitrogen and oxygen atoms in total. The van der Waals surface area contributed by atoms with Crippen LogP contribution in [0.1, 0.15) is 0 Å². The molecule has 0 aromatic carbocycles. The van der Waals surface area contributed by atoms with Crippen LogP contribution in [0.5, 0.6) is 0 Å². The Morgan fingerprint density at radius 2 is 2.40 bits per heavy atom. The number of imidazole rings is 1. The van der Waals surface area contributed by atoms with Crippen LogP contribution in [0, 0.1) is 0 Å². The first-order valence-corrected chi connectivity index (χ1v) is 3.07. The summed E-state index contributed by atoms with van der Waals surface area (Å²) in [7, 11) is 0. The minimum atomic E-state index is -0.686. The molecular weight excluding hydrogens is 132 g/mol. The summed E-state index contributed by atoms with van der Waals surface area (Å²) in [5.41, 5.74) is 0. The van der Waals surface area contributed by atoms with Gasteiger partial charge in [0.25, 0.3) is 0 Å². The normalized spacial score (nSPS) is 13.4. The van der Waals surface area contributed by atoms with Crippen LogP contribution in [0.3, 0.4) is 0 Å². The first kappa shape index (κ1) is 7.24. The van der Waals surface area contributed by atoms with Crippen LogP contribution in [0.2, 0.25) is 0 Å². The summed E-state index contributed by atoms with van der Waals surface area (Å²) in [4.78, 5) is 3.78. The fourth-order valence-corrected chi connectivity index (χ4v) is 0.696. The molecule has 1 heterocycles. The average Bonchev–Trinajstić information content (AvgIpc) is 2.40. The Kier molecular flexibility index (Phi) is 2.42. The van der Waals surface area contributed by atoms with Gasteiger partial charge < -0.3 is 14.8 Å². The second-order valence-corrected chi connectivity index (χ2v) is 2.10. The molecule has 0 radical (unpaired) electrons. The van der Waals surface area contributed by atoms with Crippen LogP contribution in [0.15, 0.2) is 18.7 Å². The quantitative estimate of drug-likeness (QED) is 0.583. The number of hydrogen-bond acceptors (Lipinski definition) is 3.